The summed E-state index contributed by atoms with van der Waals surface area (Å²) in [6, 6.07) is 2.34. The van der Waals surface area contributed by atoms with Crippen molar-refractivity contribution in [2.75, 3.05) is 6.54 Å². The first-order chi connectivity index (χ1) is 7.31. The Morgan fingerprint density at radius 1 is 1.67 bits per heavy atom. The van der Waals surface area contributed by atoms with Crippen LogP contribution in [0.2, 0.25) is 0 Å². The van der Waals surface area contributed by atoms with E-state index in [1.54, 1.807) is 11.3 Å². The molecule has 1 unspecified atom stereocenters. The van der Waals surface area contributed by atoms with Gasteiger partial charge in [-0.25, -0.2) is 4.79 Å². The minimum Gasteiger partial charge on any atom is -0.338 e. The third-order valence-corrected chi connectivity index (χ3v) is 3.75. The number of aryl methyl sites for hydroxylation is 1. The number of nitrogens with one attached hydrogen (secondary N) is 2. The number of thiophene rings is 1. The average molecular weight is 224 g/mol. The van der Waals surface area contributed by atoms with Crippen molar-refractivity contribution in [1.82, 2.24) is 10.6 Å². The van der Waals surface area contributed by atoms with Gasteiger partial charge in [0.15, 0.2) is 0 Å². The predicted molar refractivity (Wildman–Crippen MR) is 62.2 cm³/mol. The molecule has 15 heavy (non-hydrogen) atoms. The van der Waals surface area contributed by atoms with Crippen molar-refractivity contribution in [2.45, 2.75) is 32.2 Å². The highest BCUT2D eigenvalue weighted by Crippen LogP contribution is 2.33. The van der Waals surface area contributed by atoms with Crippen LogP contribution in [0.4, 0.5) is 4.79 Å². The van der Waals surface area contributed by atoms with Crippen molar-refractivity contribution in [2.24, 2.45) is 0 Å². The van der Waals surface area contributed by atoms with Crippen molar-refractivity contribution >= 4 is 17.4 Å². The van der Waals surface area contributed by atoms with Crippen molar-refractivity contribution in [3.05, 3.63) is 21.9 Å². The standard InChI is InChI=1S/C11H16N2OS/c1-2-12-11(14)13-9-5-3-4-8-6-7-15-10(8)9/h6-7,9H,2-5H2,1H3,(H2,12,13,14). The highest BCUT2D eigenvalue weighted by molar-refractivity contribution is 7.10. The molecule has 82 valence electrons. The predicted octanol–water partition coefficient (Wildman–Crippen LogP) is 2.44. The van der Waals surface area contributed by atoms with E-state index >= 15 is 0 Å². The molecule has 1 atom stereocenters. The van der Waals surface area contributed by atoms with Gasteiger partial charge in [0.25, 0.3) is 0 Å². The van der Waals surface area contributed by atoms with Gasteiger partial charge in [0.1, 0.15) is 0 Å². The lowest BCUT2D eigenvalue weighted by atomic mass is 9.95. The largest absolute Gasteiger partial charge is 0.338 e. The fourth-order valence-corrected chi connectivity index (χ4v) is 3.04. The minimum absolute atomic E-state index is 0.0521. The van der Waals surface area contributed by atoms with Gasteiger partial charge < -0.3 is 10.6 Å². The van der Waals surface area contributed by atoms with E-state index in [9.17, 15) is 4.79 Å². The SMILES string of the molecule is CCNC(=O)NC1CCCc2ccsc21. The Kier molecular flexibility index (Phi) is 3.26. The van der Waals surface area contributed by atoms with Crippen molar-refractivity contribution < 1.29 is 4.79 Å². The second kappa shape index (κ2) is 4.66. The molecule has 3 nitrogen and oxygen atoms in total. The second-order valence-corrected chi connectivity index (χ2v) is 4.71. The number of hydrogen-bond acceptors (Lipinski definition) is 2. The zero-order chi connectivity index (χ0) is 10.7. The Morgan fingerprint density at radius 2 is 2.53 bits per heavy atom. The van der Waals surface area contributed by atoms with Gasteiger partial charge in [-0.3, -0.25) is 0 Å². The smallest absolute Gasteiger partial charge is 0.315 e. The number of rotatable bonds is 2. The summed E-state index contributed by atoms with van der Waals surface area (Å²) in [7, 11) is 0. The number of urea groups is 1. The Balaban J connectivity index is 2.03. The molecule has 4 heteroatoms. The van der Waals surface area contributed by atoms with Crippen LogP contribution >= 0.6 is 11.3 Å². The summed E-state index contributed by atoms with van der Waals surface area (Å²) >= 11 is 1.75. The molecule has 1 aliphatic carbocycles. The van der Waals surface area contributed by atoms with Crippen LogP contribution in [0.25, 0.3) is 0 Å². The van der Waals surface area contributed by atoms with Gasteiger partial charge in [0, 0.05) is 11.4 Å². The van der Waals surface area contributed by atoms with Gasteiger partial charge in [-0.2, -0.15) is 0 Å². The van der Waals surface area contributed by atoms with E-state index in [2.05, 4.69) is 22.1 Å². The number of amides is 2. The van der Waals surface area contributed by atoms with E-state index in [1.807, 2.05) is 6.92 Å². The summed E-state index contributed by atoms with van der Waals surface area (Å²) in [6.45, 7) is 2.60. The molecule has 0 fully saturated rings. The van der Waals surface area contributed by atoms with Crippen LogP contribution in [-0.2, 0) is 6.42 Å². The van der Waals surface area contributed by atoms with Crippen LogP contribution in [0.1, 0.15) is 36.2 Å². The summed E-state index contributed by atoms with van der Waals surface area (Å²) in [5, 5.41) is 7.91. The summed E-state index contributed by atoms with van der Waals surface area (Å²) in [5.74, 6) is 0. The lowest BCUT2D eigenvalue weighted by Crippen LogP contribution is -2.38. The van der Waals surface area contributed by atoms with Gasteiger partial charge in [-0.1, -0.05) is 0 Å². The third kappa shape index (κ3) is 2.31. The molecule has 1 aliphatic rings. The highest BCUT2D eigenvalue weighted by atomic mass is 32.1. The van der Waals surface area contributed by atoms with Gasteiger partial charge in [0.05, 0.1) is 6.04 Å². The number of carbonyl (C=O) groups is 1. The monoisotopic (exact) mass is 224 g/mol. The van der Waals surface area contributed by atoms with Crippen molar-refractivity contribution in [3.63, 3.8) is 0 Å². The molecule has 0 radical (unpaired) electrons. The van der Waals surface area contributed by atoms with E-state index in [-0.39, 0.29) is 12.1 Å². The first-order valence-corrected chi connectivity index (χ1v) is 6.30. The van der Waals surface area contributed by atoms with Crippen LogP contribution in [0.5, 0.6) is 0 Å². The maximum Gasteiger partial charge on any atom is 0.315 e. The molecule has 0 aromatic carbocycles. The zero-order valence-corrected chi connectivity index (χ0v) is 9.69. The summed E-state index contributed by atoms with van der Waals surface area (Å²) in [6.07, 6.45) is 3.39. The number of hydrogen-bond donors (Lipinski definition) is 2. The summed E-state index contributed by atoms with van der Waals surface area (Å²) in [5.41, 5.74) is 1.41. The quantitative estimate of drug-likeness (QED) is 0.796. The van der Waals surface area contributed by atoms with Crippen molar-refractivity contribution in [3.8, 4) is 0 Å². The highest BCUT2D eigenvalue weighted by Gasteiger charge is 2.22. The molecule has 2 rings (SSSR count). The normalized spacial score (nSPS) is 19.4. The molecule has 0 saturated heterocycles. The Hall–Kier alpha value is -1.03. The maximum atomic E-state index is 11.4. The van der Waals surface area contributed by atoms with Gasteiger partial charge >= 0.3 is 6.03 Å². The van der Waals surface area contributed by atoms with E-state index in [4.69, 9.17) is 0 Å². The lowest BCUT2D eigenvalue weighted by molar-refractivity contribution is 0.236. The molecule has 0 aliphatic heterocycles. The average Bonchev–Trinajstić information content (AvgIpc) is 2.67. The first-order valence-electron chi connectivity index (χ1n) is 5.42. The minimum atomic E-state index is -0.0521. The van der Waals surface area contributed by atoms with Crippen molar-refractivity contribution in [1.29, 1.82) is 0 Å². The second-order valence-electron chi connectivity index (χ2n) is 3.76. The van der Waals surface area contributed by atoms with E-state index in [1.165, 1.54) is 16.9 Å². The molecule has 1 aromatic heterocycles. The molecule has 0 spiro atoms. The van der Waals surface area contributed by atoms with Gasteiger partial charge in [-0.15, -0.1) is 11.3 Å². The topological polar surface area (TPSA) is 41.1 Å². The zero-order valence-electron chi connectivity index (χ0n) is 8.88. The molecule has 0 bridgehead atoms. The van der Waals surface area contributed by atoms with Crippen LogP contribution < -0.4 is 10.6 Å². The fourth-order valence-electron chi connectivity index (χ4n) is 2.00. The Labute approximate surface area is 93.9 Å². The lowest BCUT2D eigenvalue weighted by Gasteiger charge is -2.23. The van der Waals surface area contributed by atoms with Crippen LogP contribution in [0.3, 0.4) is 0 Å². The van der Waals surface area contributed by atoms with Crippen LogP contribution in [-0.4, -0.2) is 12.6 Å². The molecular formula is C11H16N2OS. The molecule has 2 amide bonds. The molecule has 1 aromatic rings. The maximum absolute atomic E-state index is 11.4. The third-order valence-electron chi connectivity index (χ3n) is 2.68. The molecule has 0 saturated carbocycles. The Morgan fingerprint density at radius 3 is 3.33 bits per heavy atom. The molecule has 2 N–H and O–H groups in total. The molecule has 1 heterocycles. The van der Waals surface area contributed by atoms with Crippen LogP contribution in [0.15, 0.2) is 11.4 Å². The summed E-state index contributed by atoms with van der Waals surface area (Å²) < 4.78 is 0. The van der Waals surface area contributed by atoms with E-state index in [0.29, 0.717) is 6.54 Å². The first kappa shape index (κ1) is 10.5. The van der Waals surface area contributed by atoms with E-state index in [0.717, 1.165) is 12.8 Å². The Bertz CT molecular complexity index is 348. The molecular weight excluding hydrogens is 208 g/mol. The van der Waals surface area contributed by atoms with Gasteiger partial charge in [-0.05, 0) is 43.2 Å². The fraction of sp³-hybridized carbons (Fsp3) is 0.545. The van der Waals surface area contributed by atoms with E-state index < -0.39 is 0 Å². The van der Waals surface area contributed by atoms with Crippen LogP contribution in [0, 0.1) is 0 Å². The summed E-state index contributed by atoms with van der Waals surface area (Å²) in [4.78, 5) is 12.8. The number of carbonyl (C=O) groups excluding carboxylic acids is 1. The number of fused-ring (bicyclic) bond motifs is 1. The van der Waals surface area contributed by atoms with Gasteiger partial charge in [0.2, 0.25) is 0 Å².